The van der Waals surface area contributed by atoms with E-state index in [0.717, 1.165) is 10.6 Å². The molecule has 2 aromatic rings. The Morgan fingerprint density at radius 3 is 2.94 bits per heavy atom. The highest BCUT2D eigenvalue weighted by Gasteiger charge is 2.10. The van der Waals surface area contributed by atoms with Crippen molar-refractivity contribution in [2.45, 2.75) is 19.4 Å². The highest BCUT2D eigenvalue weighted by molar-refractivity contribution is 7.13. The third kappa shape index (κ3) is 2.97. The summed E-state index contributed by atoms with van der Waals surface area (Å²) in [6, 6.07) is 10.2. The maximum Gasteiger partial charge on any atom is 0.102 e. The minimum atomic E-state index is -0.152. The average molecular weight is 256 g/mol. The van der Waals surface area contributed by atoms with Crippen LogP contribution in [0.3, 0.4) is 0 Å². The van der Waals surface area contributed by atoms with Crippen molar-refractivity contribution in [3.05, 3.63) is 29.8 Å². The van der Waals surface area contributed by atoms with Gasteiger partial charge in [-0.1, -0.05) is 6.07 Å². The zero-order chi connectivity index (χ0) is 12.8. The van der Waals surface area contributed by atoms with Gasteiger partial charge in [0.1, 0.15) is 5.69 Å². The molecule has 0 bridgehead atoms. The van der Waals surface area contributed by atoms with Crippen molar-refractivity contribution in [1.29, 1.82) is 10.5 Å². The second-order valence-electron chi connectivity index (χ2n) is 3.92. The molecule has 0 aliphatic heterocycles. The van der Waals surface area contributed by atoms with Gasteiger partial charge in [-0.3, -0.25) is 4.68 Å². The summed E-state index contributed by atoms with van der Waals surface area (Å²) in [6.45, 7) is 0.545. The molecule has 0 saturated carbocycles. The molecule has 0 amide bonds. The molecule has 90 valence electrons. The van der Waals surface area contributed by atoms with E-state index in [9.17, 15) is 0 Å². The van der Waals surface area contributed by atoms with E-state index in [2.05, 4.69) is 17.2 Å². The first-order valence-corrected chi connectivity index (χ1v) is 6.55. The molecule has 0 radical (unpaired) electrons. The Balaban J connectivity index is 2.03. The normalized spacial score (nSPS) is 11.7. The Labute approximate surface area is 110 Å². The molecule has 18 heavy (non-hydrogen) atoms. The molecule has 0 spiro atoms. The Morgan fingerprint density at radius 2 is 2.28 bits per heavy atom. The van der Waals surface area contributed by atoms with E-state index < -0.39 is 0 Å². The third-order valence-electron chi connectivity index (χ3n) is 2.61. The van der Waals surface area contributed by atoms with Crippen LogP contribution in [0.5, 0.6) is 0 Å². The predicted molar refractivity (Wildman–Crippen MR) is 69.5 cm³/mol. The maximum atomic E-state index is 9.01. The van der Waals surface area contributed by atoms with E-state index >= 15 is 0 Å². The van der Waals surface area contributed by atoms with E-state index in [4.69, 9.17) is 10.5 Å². The second kappa shape index (κ2) is 6.00. The van der Waals surface area contributed by atoms with Crippen molar-refractivity contribution in [3.63, 3.8) is 0 Å². The van der Waals surface area contributed by atoms with Crippen LogP contribution in [-0.2, 0) is 6.54 Å². The summed E-state index contributed by atoms with van der Waals surface area (Å²) < 4.78 is 1.78. The first kappa shape index (κ1) is 12.3. The fraction of sp³-hybridized carbons (Fsp3) is 0.308. The summed E-state index contributed by atoms with van der Waals surface area (Å²) in [7, 11) is 0. The van der Waals surface area contributed by atoms with Crippen LogP contribution in [0.2, 0.25) is 0 Å². The van der Waals surface area contributed by atoms with E-state index in [1.807, 2.05) is 29.8 Å². The van der Waals surface area contributed by atoms with E-state index in [0.29, 0.717) is 19.4 Å². The van der Waals surface area contributed by atoms with Crippen molar-refractivity contribution in [2.24, 2.45) is 5.92 Å². The molecule has 0 aromatic carbocycles. The van der Waals surface area contributed by atoms with Crippen molar-refractivity contribution >= 4 is 11.3 Å². The molecule has 0 aliphatic rings. The van der Waals surface area contributed by atoms with Gasteiger partial charge in [-0.15, -0.1) is 11.3 Å². The highest BCUT2D eigenvalue weighted by Crippen LogP contribution is 2.22. The molecule has 2 aromatic heterocycles. The molecule has 0 N–H and O–H groups in total. The first-order valence-electron chi connectivity index (χ1n) is 5.67. The van der Waals surface area contributed by atoms with Gasteiger partial charge in [0.05, 0.1) is 29.5 Å². The number of rotatable bonds is 5. The lowest BCUT2D eigenvalue weighted by Gasteiger charge is -2.06. The first-order chi connectivity index (χ1) is 8.83. The highest BCUT2D eigenvalue weighted by atomic mass is 32.1. The molecule has 2 heterocycles. The van der Waals surface area contributed by atoms with Gasteiger partial charge < -0.3 is 0 Å². The minimum Gasteiger partial charge on any atom is -0.271 e. The lowest BCUT2D eigenvalue weighted by atomic mass is 10.1. The topological polar surface area (TPSA) is 65.4 Å². The van der Waals surface area contributed by atoms with Gasteiger partial charge in [-0.25, -0.2) is 0 Å². The zero-order valence-corrected chi connectivity index (χ0v) is 10.6. The van der Waals surface area contributed by atoms with Crippen LogP contribution in [0.15, 0.2) is 29.8 Å². The summed E-state index contributed by atoms with van der Waals surface area (Å²) in [4.78, 5) is 1.12. The summed E-state index contributed by atoms with van der Waals surface area (Å²) in [5, 5.41) is 24.0. The van der Waals surface area contributed by atoms with Gasteiger partial charge in [0.25, 0.3) is 0 Å². The third-order valence-corrected chi connectivity index (χ3v) is 3.50. The number of hydrogen-bond acceptors (Lipinski definition) is 4. The van der Waals surface area contributed by atoms with Crippen molar-refractivity contribution in [3.8, 4) is 22.7 Å². The molecule has 0 aliphatic carbocycles. The molecule has 2 rings (SSSR count). The zero-order valence-electron chi connectivity index (χ0n) is 9.78. The molecular weight excluding hydrogens is 244 g/mol. The van der Waals surface area contributed by atoms with Crippen LogP contribution in [0.1, 0.15) is 12.8 Å². The van der Waals surface area contributed by atoms with E-state index in [1.54, 1.807) is 16.0 Å². The number of thiophene rings is 1. The van der Waals surface area contributed by atoms with Crippen LogP contribution >= 0.6 is 11.3 Å². The molecule has 1 atom stereocenters. The standard InChI is InChI=1S/C13H12N4S/c14-6-1-3-11(9-15)10-17-7-5-12(16-17)13-4-2-8-18-13/h2,4-5,7-8,11H,1,3,10H2. The van der Waals surface area contributed by atoms with Crippen LogP contribution in [0.4, 0.5) is 0 Å². The monoisotopic (exact) mass is 256 g/mol. The Hall–Kier alpha value is -2.11. The number of nitriles is 2. The van der Waals surface area contributed by atoms with Crippen molar-refractivity contribution < 1.29 is 0 Å². The number of hydrogen-bond donors (Lipinski definition) is 0. The minimum absolute atomic E-state index is 0.152. The lowest BCUT2D eigenvalue weighted by Crippen LogP contribution is -2.09. The lowest BCUT2D eigenvalue weighted by molar-refractivity contribution is 0.477. The molecule has 5 heteroatoms. The molecule has 1 unspecified atom stereocenters. The predicted octanol–water partition coefficient (Wildman–Crippen LogP) is 3.06. The number of aromatic nitrogens is 2. The number of nitrogens with zero attached hydrogens (tertiary/aromatic N) is 4. The van der Waals surface area contributed by atoms with Crippen LogP contribution < -0.4 is 0 Å². The quantitative estimate of drug-likeness (QED) is 0.825. The fourth-order valence-electron chi connectivity index (χ4n) is 1.68. The summed E-state index contributed by atoms with van der Waals surface area (Å²) >= 11 is 1.64. The van der Waals surface area contributed by atoms with E-state index in [1.165, 1.54) is 0 Å². The van der Waals surface area contributed by atoms with Gasteiger partial charge in [0.2, 0.25) is 0 Å². The Bertz CT molecular complexity index is 571. The van der Waals surface area contributed by atoms with Crippen LogP contribution in [-0.4, -0.2) is 9.78 Å². The smallest absolute Gasteiger partial charge is 0.102 e. The molecule has 4 nitrogen and oxygen atoms in total. The van der Waals surface area contributed by atoms with Crippen molar-refractivity contribution in [2.75, 3.05) is 0 Å². The van der Waals surface area contributed by atoms with Crippen LogP contribution in [0, 0.1) is 28.6 Å². The Kier molecular flexibility index (Phi) is 4.11. The van der Waals surface area contributed by atoms with Crippen molar-refractivity contribution in [1.82, 2.24) is 9.78 Å². The van der Waals surface area contributed by atoms with Gasteiger partial charge in [-0.2, -0.15) is 15.6 Å². The summed E-state index contributed by atoms with van der Waals surface area (Å²) in [5.41, 5.74) is 0.932. The largest absolute Gasteiger partial charge is 0.271 e. The van der Waals surface area contributed by atoms with Gasteiger partial charge in [-0.05, 0) is 23.9 Å². The van der Waals surface area contributed by atoms with Gasteiger partial charge in [0, 0.05) is 12.6 Å². The van der Waals surface area contributed by atoms with Gasteiger partial charge >= 0.3 is 0 Å². The maximum absolute atomic E-state index is 9.01. The van der Waals surface area contributed by atoms with Gasteiger partial charge in [0.15, 0.2) is 0 Å². The molecule has 0 saturated heterocycles. The second-order valence-corrected chi connectivity index (χ2v) is 4.87. The van der Waals surface area contributed by atoms with Crippen LogP contribution in [0.25, 0.3) is 10.6 Å². The average Bonchev–Trinajstić information content (AvgIpc) is 3.04. The fourth-order valence-corrected chi connectivity index (χ4v) is 2.37. The SMILES string of the molecule is N#CCCC(C#N)Cn1ccc(-c2cccs2)n1. The summed E-state index contributed by atoms with van der Waals surface area (Å²) in [5.74, 6) is -0.152. The van der Waals surface area contributed by atoms with E-state index in [-0.39, 0.29) is 5.92 Å². The Morgan fingerprint density at radius 1 is 1.39 bits per heavy atom. The molecule has 0 fully saturated rings. The molecular formula is C13H12N4S. The summed E-state index contributed by atoms with van der Waals surface area (Å²) in [6.07, 6.45) is 2.89.